The Hall–Kier alpha value is -5.84. The average molecular weight is 2000 g/mol. The Balaban J connectivity index is 0.000000403. The van der Waals surface area contributed by atoms with E-state index in [2.05, 4.69) is 59.5 Å². The number of ether oxygens (including phenoxy) is 3. The second kappa shape index (κ2) is 62.4. The molecule has 2 heterocycles. The van der Waals surface area contributed by atoms with E-state index in [9.17, 15) is 44.7 Å². The zero-order valence-electron chi connectivity index (χ0n) is 83.9. The van der Waals surface area contributed by atoms with Crippen LogP contribution in [0.5, 0.6) is 0 Å². The molecule has 0 aromatic heterocycles. The number of hydrogen-bond acceptors (Lipinski definition) is 10. The Kier molecular flexibility index (Phi) is 56.9. The molecular weight excluding hydrogens is 1840 g/mol. The van der Waals surface area contributed by atoms with Crippen LogP contribution in [0.15, 0.2) is 103 Å². The summed E-state index contributed by atoms with van der Waals surface area (Å²) in [5, 5.41) is 4.43. The maximum atomic E-state index is 13.9. The van der Waals surface area contributed by atoms with Crippen molar-refractivity contribution in [1.82, 2.24) is 5.32 Å². The minimum Gasteiger partial charge on any atom is -0.465 e. The number of carbonyl (C=O) groups is 2. The predicted molar refractivity (Wildman–Crippen MR) is 550 cm³/mol. The van der Waals surface area contributed by atoms with Crippen LogP contribution in [-0.4, -0.2) is 82.9 Å². The molecule has 2 fully saturated rings. The third-order valence-electron chi connectivity index (χ3n) is 24.2. The highest BCUT2D eigenvalue weighted by Crippen LogP contribution is 2.37. The molecule has 0 unspecified atom stereocenters. The second-order valence-corrected chi connectivity index (χ2v) is 42.1. The van der Waals surface area contributed by atoms with Crippen molar-refractivity contribution in [1.29, 1.82) is 0 Å². The molecule has 5 atom stereocenters. The van der Waals surface area contributed by atoms with Crippen LogP contribution in [0, 0.1) is 58.1 Å². The Labute approximate surface area is 830 Å². The van der Waals surface area contributed by atoms with Gasteiger partial charge < -0.3 is 42.5 Å². The number of hydrogen-bond donors (Lipinski definition) is 5. The fourth-order valence-corrected chi connectivity index (χ4v) is 17.1. The summed E-state index contributed by atoms with van der Waals surface area (Å²) in [6, 6.07) is 28.0. The number of esters is 1. The van der Waals surface area contributed by atoms with Crippen molar-refractivity contribution in [2.75, 3.05) is 53.2 Å². The summed E-state index contributed by atoms with van der Waals surface area (Å²) >= 11 is 35.6. The topological polar surface area (TPSA) is 178 Å². The largest absolute Gasteiger partial charge is 0.465 e. The molecule has 9 rings (SSSR count). The number of alkyl halides is 2. The Morgan fingerprint density at radius 1 is 0.478 bits per heavy atom. The van der Waals surface area contributed by atoms with Gasteiger partial charge in [0.25, 0.3) is 5.92 Å². The van der Waals surface area contributed by atoms with Gasteiger partial charge in [0.2, 0.25) is 0 Å². The molecule has 10 nitrogen and oxygen atoms in total. The van der Waals surface area contributed by atoms with Gasteiger partial charge in [0.1, 0.15) is 41.5 Å². The predicted octanol–water partition coefficient (Wildman–Crippen LogP) is 31.8. The first-order valence-electron chi connectivity index (χ1n) is 48.2. The van der Waals surface area contributed by atoms with E-state index in [-0.39, 0.29) is 137 Å². The van der Waals surface area contributed by atoms with Crippen molar-refractivity contribution in [2.45, 2.75) is 339 Å². The molecule has 7 aromatic rings. The summed E-state index contributed by atoms with van der Waals surface area (Å²) in [7, 11) is 1.42. The van der Waals surface area contributed by atoms with E-state index in [1.165, 1.54) is 38.0 Å². The first-order chi connectivity index (χ1) is 62.8. The molecule has 0 saturated carbocycles. The molecule has 2 aliphatic heterocycles. The number of methoxy groups -OCH3 is 1. The van der Waals surface area contributed by atoms with Crippen molar-refractivity contribution in [3.8, 4) is 0 Å². The molecule has 752 valence electrons. The lowest BCUT2D eigenvalue weighted by molar-refractivity contribution is -0.130. The van der Waals surface area contributed by atoms with E-state index in [4.69, 9.17) is 107 Å². The summed E-state index contributed by atoms with van der Waals surface area (Å²) in [6.45, 7) is 47.6. The minimum atomic E-state index is -2.89. The van der Waals surface area contributed by atoms with Gasteiger partial charge in [0, 0.05) is 43.8 Å². The Morgan fingerprint density at radius 2 is 0.836 bits per heavy atom. The molecular formula is C110H159Cl6F8N5O5. The lowest BCUT2D eigenvalue weighted by Gasteiger charge is -2.22. The lowest BCUT2D eigenvalue weighted by atomic mass is 9.86. The number of nitrogens with one attached hydrogen (secondary N) is 1. The van der Waals surface area contributed by atoms with Gasteiger partial charge in [-0.3, -0.25) is 4.79 Å². The highest BCUT2D eigenvalue weighted by atomic mass is 35.5. The van der Waals surface area contributed by atoms with E-state index in [1.807, 2.05) is 139 Å². The monoisotopic (exact) mass is 1990 g/mol. The van der Waals surface area contributed by atoms with Crippen molar-refractivity contribution in [2.24, 2.45) is 46.1 Å². The van der Waals surface area contributed by atoms with Gasteiger partial charge in [-0.2, -0.15) is 0 Å². The van der Waals surface area contributed by atoms with Gasteiger partial charge in [-0.15, -0.1) is 0 Å². The number of carbonyl (C=O) groups excluding carboxylic acids is 2. The van der Waals surface area contributed by atoms with Gasteiger partial charge in [-0.25, -0.2) is 39.9 Å². The van der Waals surface area contributed by atoms with E-state index in [0.717, 1.165) is 167 Å². The van der Waals surface area contributed by atoms with Crippen molar-refractivity contribution < 1.29 is 58.9 Å². The van der Waals surface area contributed by atoms with Gasteiger partial charge in [-0.1, -0.05) is 242 Å². The smallest absolute Gasteiger partial charge is 0.338 e. The van der Waals surface area contributed by atoms with E-state index in [0.29, 0.717) is 88.2 Å². The highest BCUT2D eigenvalue weighted by Gasteiger charge is 2.28. The maximum Gasteiger partial charge on any atom is 0.338 e. The first kappa shape index (κ1) is 122. The number of ketones is 1. The third kappa shape index (κ3) is 45.2. The number of allylic oxidation sites excluding steroid dienone is 1. The number of rotatable bonds is 39. The number of aryl methyl sites for hydroxylation is 7. The van der Waals surface area contributed by atoms with Crippen LogP contribution in [-0.2, 0) is 64.0 Å². The molecule has 2 aliphatic rings. The van der Waals surface area contributed by atoms with Crippen molar-refractivity contribution in [3.05, 3.63) is 252 Å². The van der Waals surface area contributed by atoms with E-state index >= 15 is 0 Å². The third-order valence-corrected chi connectivity index (χ3v) is 25.8. The second-order valence-electron chi connectivity index (χ2n) is 39.6. The zero-order valence-corrected chi connectivity index (χ0v) is 88.5. The van der Waals surface area contributed by atoms with Crippen LogP contribution < -0.4 is 28.3 Å². The molecule has 24 heteroatoms. The van der Waals surface area contributed by atoms with Crippen LogP contribution in [0.1, 0.15) is 364 Å². The van der Waals surface area contributed by atoms with Crippen LogP contribution in [0.4, 0.5) is 35.1 Å². The molecule has 0 bridgehead atoms. The average Bonchev–Trinajstić information content (AvgIpc) is 0.844. The van der Waals surface area contributed by atoms with Crippen LogP contribution in [0.25, 0.3) is 0 Å². The highest BCUT2D eigenvalue weighted by molar-refractivity contribution is 6.32. The number of benzene rings is 7. The summed E-state index contributed by atoms with van der Waals surface area (Å²) in [6.07, 6.45) is 19.7. The van der Waals surface area contributed by atoms with E-state index < -0.39 is 18.3 Å². The minimum absolute atomic E-state index is 0.0211. The molecule has 0 aliphatic carbocycles. The van der Waals surface area contributed by atoms with Crippen molar-refractivity contribution >= 4 is 81.4 Å². The fraction of sp³-hybridized carbons (Fsp3) is 0.582. The Bertz CT molecular complexity index is 4630. The normalized spacial score (nSPS) is 14.6. The lowest BCUT2D eigenvalue weighted by Crippen LogP contribution is -2.28. The molecule has 7 aromatic carbocycles. The van der Waals surface area contributed by atoms with Crippen molar-refractivity contribution in [3.63, 3.8) is 0 Å². The molecule has 134 heavy (non-hydrogen) atoms. The molecule has 9 N–H and O–H groups in total. The Morgan fingerprint density at radius 3 is 1.16 bits per heavy atom. The zero-order chi connectivity index (χ0) is 101. The number of nitrogens with two attached hydrogens (primary N) is 4. The van der Waals surface area contributed by atoms with E-state index in [1.54, 1.807) is 36.4 Å². The number of Topliss-reactive ketones (excluding diaryl/α,β-unsaturated/α-hetero) is 1. The van der Waals surface area contributed by atoms with Gasteiger partial charge in [0.15, 0.2) is 5.78 Å². The molecule has 2 saturated heterocycles. The molecule has 0 radical (unpaired) electrons. The fourth-order valence-electron chi connectivity index (χ4n) is 15.6. The first-order valence-corrected chi connectivity index (χ1v) is 50.5. The molecule has 0 amide bonds. The van der Waals surface area contributed by atoms with Gasteiger partial charge in [-0.05, 0) is 347 Å². The summed E-state index contributed by atoms with van der Waals surface area (Å²) in [4.78, 5) is 23.1. The van der Waals surface area contributed by atoms with Crippen LogP contribution in [0.3, 0.4) is 0 Å². The van der Waals surface area contributed by atoms with Crippen LogP contribution in [0.2, 0.25) is 30.1 Å². The van der Waals surface area contributed by atoms with Crippen LogP contribution >= 0.6 is 69.6 Å². The maximum absolute atomic E-state index is 13.9. The quantitative estimate of drug-likeness (QED) is 0.0184. The van der Waals surface area contributed by atoms with Gasteiger partial charge >= 0.3 is 5.97 Å². The SMILES string of the molecule is C=C(C)N[C@@H](C)CCCc1cc(Cl)c(F)c(C(C)C)c1.CC(C)c1cc(CCC(C)(C)CN)cc(Cl)c1F.CC(C)c1cc(CCC(F)(F)CN)cc(Cl)c1F.CC(C)c1cc(CCC[C@@H](C)CN)cc(Cl)c1F.CC(C)c1cc(CCC[C@@H]2COCC(=O)C2)cc(Cl)c1F.CC(C)c1cc(CCC[C@H]2CCCOC2)cc(Cl)c1F.COC(=O)c1ccc(C(C)C)cc1CCC[C@H](C)N. The summed E-state index contributed by atoms with van der Waals surface area (Å²) in [5.74, 6) is -2.10. The summed E-state index contributed by atoms with van der Waals surface area (Å²) < 4.78 is 125. The standard InChI is InChI=1S/C17H25ClFN.C17H22ClFO2.C17H24ClFO.C16H25NO2.2C15H23ClFN.C13H17ClF3N/c1-11(2)15-9-14(10-16(18)17(15)19)8-6-7-13(5)20-12(3)4;1-11(2)15-7-12(8-16(18)17(15)19)4-3-5-13-6-14(20)10-21-9-13;1-12(2)15-9-14(10-16(18)17(15)19)6-3-5-13-7-4-8-20-11-13;1-11(2)13-8-9-15(16(18)19-4)14(10-13)7-5-6-12(3)17;1-10(2)12-7-11(8-13(16)14(12)17)5-6-15(3,4)9-18;1-10(2)13-7-12(8-14(16)15(13)17)6-4-5-11(3)9-18;1-8(2)10-5-9(6-11(14)12(10)15)3-4-13(16,17)7-18/h9-11,13,20H,3,6-8H2,1-2,4-5H3;7-8,11,13H,3-6,9-10H2,1-2H3;9-10,12-13H,3-8,11H2,1-2H3;8-12H,5-7,17H2,1-4H3;7-8,10H,5-6,9,18H2,1-4H3;7-8,10-11H,4-6,9,18H2,1-3H3;5-6,8H,3-4,7,18H2,1-2H3/t3*13-;12-;;11-;/m0000.1./s1. The van der Waals surface area contributed by atoms with Gasteiger partial charge in [0.05, 0.1) is 56.0 Å². The summed E-state index contributed by atoms with van der Waals surface area (Å²) in [5.41, 5.74) is 36.3. The molecule has 0 spiro atoms. The number of halogens is 14.